The van der Waals surface area contributed by atoms with E-state index in [1.54, 1.807) is 0 Å². The highest BCUT2D eigenvalue weighted by atomic mass is 16.7. The summed E-state index contributed by atoms with van der Waals surface area (Å²) in [6.45, 7) is 5.73. The van der Waals surface area contributed by atoms with Gasteiger partial charge >= 0.3 is 23.9 Å². The van der Waals surface area contributed by atoms with Crippen molar-refractivity contribution in [2.75, 3.05) is 13.2 Å². The molecule has 0 aromatic heterocycles. The van der Waals surface area contributed by atoms with Gasteiger partial charge in [-0.25, -0.2) is 4.79 Å². The van der Waals surface area contributed by atoms with Crippen LogP contribution in [0.4, 0.5) is 0 Å². The van der Waals surface area contributed by atoms with Crippen molar-refractivity contribution in [3.8, 4) is 0 Å². The third-order valence-electron chi connectivity index (χ3n) is 13.8. The van der Waals surface area contributed by atoms with Gasteiger partial charge in [-0.15, -0.1) is 0 Å². The van der Waals surface area contributed by atoms with Gasteiger partial charge in [0.15, 0.2) is 24.6 Å². The van der Waals surface area contributed by atoms with Gasteiger partial charge in [-0.3, -0.25) is 14.4 Å². The smallest absolute Gasteiger partial charge is 0.335 e. The zero-order chi connectivity index (χ0) is 58.9. The first kappa shape index (κ1) is 74.4. The van der Waals surface area contributed by atoms with Crippen molar-refractivity contribution in [3.63, 3.8) is 0 Å². The molecule has 1 aliphatic heterocycles. The second kappa shape index (κ2) is 55.9. The summed E-state index contributed by atoms with van der Waals surface area (Å²) in [4.78, 5) is 51.3. The Morgan fingerprint density at radius 1 is 0.420 bits per heavy atom. The Kier molecular flexibility index (Phi) is 51.3. The first-order chi connectivity index (χ1) is 39.6. The molecule has 6 unspecified atom stereocenters. The van der Waals surface area contributed by atoms with Crippen LogP contribution in [0, 0.1) is 0 Å². The Labute approximate surface area is 491 Å². The predicted molar refractivity (Wildman–Crippen MR) is 330 cm³/mol. The third-order valence-corrected chi connectivity index (χ3v) is 13.8. The average Bonchev–Trinajstić information content (AvgIpc) is 3.53. The summed E-state index contributed by atoms with van der Waals surface area (Å²) in [5.74, 6) is -3.23. The minimum absolute atomic E-state index is 0.0229. The second-order valence-electron chi connectivity index (χ2n) is 21.3. The summed E-state index contributed by atoms with van der Waals surface area (Å²) in [6.07, 6.45) is 63.4. The number of ether oxygens (including phenoxy) is 5. The lowest BCUT2D eigenvalue weighted by Crippen LogP contribution is -2.61. The quantitative estimate of drug-likeness (QED) is 0.0228. The van der Waals surface area contributed by atoms with Crippen LogP contribution in [0.5, 0.6) is 0 Å². The van der Waals surface area contributed by atoms with Crippen molar-refractivity contribution in [1.82, 2.24) is 0 Å². The number of carboxylic acid groups (broad SMARTS) is 1. The molecule has 0 bridgehead atoms. The number of rotatable bonds is 53. The van der Waals surface area contributed by atoms with Gasteiger partial charge in [0.2, 0.25) is 0 Å². The molecule has 81 heavy (non-hydrogen) atoms. The SMILES string of the molecule is CC/C=C\C/C=C\C/C=C\C/C=C\C/C=C\CCCC(=O)OCC(COC1OC(C(=O)O)C(O)C(O)C1OC(=O)CCCCCC/C=C\C/C=C\C/C=C\C/C=C\CC)OC(=O)CCCCCCCCCCCCCCCCCCC. The highest BCUT2D eigenvalue weighted by Crippen LogP contribution is 2.26. The highest BCUT2D eigenvalue weighted by molar-refractivity contribution is 5.74. The molecule has 0 aromatic carbocycles. The number of esters is 3. The molecule has 0 spiro atoms. The molecule has 0 aromatic rings. The van der Waals surface area contributed by atoms with Crippen molar-refractivity contribution in [3.05, 3.63) is 109 Å². The number of carboxylic acids is 1. The lowest BCUT2D eigenvalue weighted by molar-refractivity contribution is -0.301. The molecule has 0 amide bonds. The van der Waals surface area contributed by atoms with Gasteiger partial charge in [0, 0.05) is 19.3 Å². The highest BCUT2D eigenvalue weighted by Gasteiger charge is 2.50. The standard InChI is InChI=1S/C69H112O12/c1-4-7-10-13-16-19-22-25-28-31-34-37-40-43-46-49-52-55-61(70)77-58-60(79-62(71)56-53-50-47-44-41-38-35-32-29-26-23-20-17-14-11-8-5-2)59-78-69-67(65(74)64(73)66(81-69)68(75)76)80-63(72)57-54-51-48-45-42-39-36-33-30-27-24-21-18-15-12-9-6-3/h7,9-10,12,16,18-19,21,25,27-28,30,34,36-37,39,43,46,60,64-67,69,73-74H,4-6,8,11,13-15,17,20,22-24,26,29,31-33,35,38,40-42,44-45,47-59H2,1-3H3,(H,75,76)/b10-7-,12-9-,19-16-,21-18-,28-25-,30-27-,37-34-,39-36-,46-43-. The third kappa shape index (κ3) is 45.6. The fourth-order valence-electron chi connectivity index (χ4n) is 9.04. The average molecular weight is 1130 g/mol. The normalized spacial score (nSPS) is 18.5. The number of unbranched alkanes of at least 4 members (excludes halogenated alkanes) is 21. The first-order valence-electron chi connectivity index (χ1n) is 31.9. The van der Waals surface area contributed by atoms with Crippen LogP contribution >= 0.6 is 0 Å². The van der Waals surface area contributed by atoms with Crippen LogP contribution in [-0.4, -0.2) is 89.2 Å². The molecule has 460 valence electrons. The number of allylic oxidation sites excluding steroid dienone is 18. The van der Waals surface area contributed by atoms with E-state index >= 15 is 0 Å². The summed E-state index contributed by atoms with van der Waals surface area (Å²) in [7, 11) is 0. The molecule has 12 heteroatoms. The first-order valence-corrected chi connectivity index (χ1v) is 31.9. The van der Waals surface area contributed by atoms with E-state index in [-0.39, 0.29) is 25.9 Å². The number of hydrogen-bond acceptors (Lipinski definition) is 11. The maximum atomic E-state index is 13.2. The van der Waals surface area contributed by atoms with E-state index in [4.69, 9.17) is 23.7 Å². The predicted octanol–water partition coefficient (Wildman–Crippen LogP) is 17.0. The molecule has 0 aliphatic carbocycles. The van der Waals surface area contributed by atoms with Crippen LogP contribution in [0.2, 0.25) is 0 Å². The number of carbonyl (C=O) groups excluding carboxylic acids is 3. The molecule has 6 atom stereocenters. The summed E-state index contributed by atoms with van der Waals surface area (Å²) in [6, 6.07) is 0. The maximum Gasteiger partial charge on any atom is 0.335 e. The number of aliphatic hydroxyl groups is 2. The van der Waals surface area contributed by atoms with E-state index < -0.39 is 67.3 Å². The van der Waals surface area contributed by atoms with Gasteiger partial charge in [-0.05, 0) is 96.3 Å². The Morgan fingerprint density at radius 3 is 1.22 bits per heavy atom. The Bertz CT molecular complexity index is 1820. The van der Waals surface area contributed by atoms with Crippen molar-refractivity contribution in [2.45, 2.75) is 289 Å². The molecule has 12 nitrogen and oxygen atoms in total. The maximum absolute atomic E-state index is 13.2. The van der Waals surface area contributed by atoms with Crippen molar-refractivity contribution >= 4 is 23.9 Å². The van der Waals surface area contributed by atoms with E-state index in [0.717, 1.165) is 103 Å². The van der Waals surface area contributed by atoms with Gasteiger partial charge in [-0.2, -0.15) is 0 Å². The van der Waals surface area contributed by atoms with Gasteiger partial charge in [-0.1, -0.05) is 246 Å². The fourth-order valence-corrected chi connectivity index (χ4v) is 9.04. The Balaban J connectivity index is 2.72. The summed E-state index contributed by atoms with van der Waals surface area (Å²) < 4.78 is 28.4. The molecular weight excluding hydrogens is 1020 g/mol. The van der Waals surface area contributed by atoms with Gasteiger partial charge < -0.3 is 39.0 Å². The van der Waals surface area contributed by atoms with Gasteiger partial charge in [0.25, 0.3) is 0 Å². The number of carbonyl (C=O) groups is 4. The van der Waals surface area contributed by atoms with E-state index in [1.165, 1.54) is 83.5 Å². The summed E-state index contributed by atoms with van der Waals surface area (Å²) in [5, 5.41) is 31.6. The molecule has 3 N–H and O–H groups in total. The molecule has 1 aliphatic rings. The number of hydrogen-bond donors (Lipinski definition) is 3. The van der Waals surface area contributed by atoms with E-state index in [0.29, 0.717) is 25.7 Å². The molecule has 1 saturated heterocycles. The summed E-state index contributed by atoms with van der Waals surface area (Å²) >= 11 is 0. The fraction of sp³-hybridized carbons (Fsp3) is 0.681. The Hall–Kier alpha value is -4.62. The lowest BCUT2D eigenvalue weighted by atomic mass is 9.98. The van der Waals surface area contributed by atoms with Crippen molar-refractivity contribution < 1.29 is 58.2 Å². The van der Waals surface area contributed by atoms with Crippen LogP contribution < -0.4 is 0 Å². The van der Waals surface area contributed by atoms with Gasteiger partial charge in [0.1, 0.15) is 18.8 Å². The lowest BCUT2D eigenvalue weighted by Gasteiger charge is -2.40. The van der Waals surface area contributed by atoms with Crippen molar-refractivity contribution in [1.29, 1.82) is 0 Å². The minimum atomic E-state index is -1.92. The van der Waals surface area contributed by atoms with Crippen LogP contribution in [0.3, 0.4) is 0 Å². The van der Waals surface area contributed by atoms with Crippen molar-refractivity contribution in [2.24, 2.45) is 0 Å². The van der Waals surface area contributed by atoms with Crippen LogP contribution in [0.1, 0.15) is 252 Å². The molecule has 1 rings (SSSR count). The molecule has 0 saturated carbocycles. The van der Waals surface area contributed by atoms with E-state index in [1.807, 2.05) is 6.08 Å². The molecule has 1 fully saturated rings. The summed E-state index contributed by atoms with van der Waals surface area (Å²) in [5.41, 5.74) is 0. The Morgan fingerprint density at radius 2 is 0.790 bits per heavy atom. The topological polar surface area (TPSA) is 175 Å². The minimum Gasteiger partial charge on any atom is -0.479 e. The van der Waals surface area contributed by atoms with E-state index in [2.05, 4.69) is 124 Å². The number of aliphatic hydroxyl groups excluding tert-OH is 2. The monoisotopic (exact) mass is 1130 g/mol. The van der Waals surface area contributed by atoms with Crippen LogP contribution in [0.25, 0.3) is 0 Å². The van der Waals surface area contributed by atoms with Crippen LogP contribution in [-0.2, 0) is 42.9 Å². The van der Waals surface area contributed by atoms with Crippen LogP contribution in [0.15, 0.2) is 109 Å². The van der Waals surface area contributed by atoms with E-state index in [9.17, 15) is 34.5 Å². The molecular formula is C69H112O12. The molecule has 0 radical (unpaired) electrons. The number of aliphatic carboxylic acids is 1. The van der Waals surface area contributed by atoms with Gasteiger partial charge in [0.05, 0.1) is 6.61 Å². The zero-order valence-corrected chi connectivity index (χ0v) is 50.7. The second-order valence-corrected chi connectivity index (χ2v) is 21.3. The largest absolute Gasteiger partial charge is 0.479 e. The zero-order valence-electron chi connectivity index (χ0n) is 50.7. The molecule has 1 heterocycles.